The lowest BCUT2D eigenvalue weighted by Gasteiger charge is -2.23. The highest BCUT2D eigenvalue weighted by Crippen LogP contribution is 2.28. The van der Waals surface area contributed by atoms with Gasteiger partial charge in [0, 0.05) is 17.0 Å². The minimum atomic E-state index is 0.548. The van der Waals surface area contributed by atoms with E-state index >= 15 is 0 Å². The lowest BCUT2D eigenvalue weighted by molar-refractivity contribution is 0.478. The second-order valence-corrected chi connectivity index (χ2v) is 6.12. The molecule has 2 aromatic rings. The van der Waals surface area contributed by atoms with Crippen molar-refractivity contribution in [3.05, 3.63) is 23.1 Å². The van der Waals surface area contributed by atoms with Crippen molar-refractivity contribution in [3.8, 4) is 10.6 Å². The van der Waals surface area contributed by atoms with Crippen LogP contribution in [0.4, 0.5) is 5.82 Å². The maximum atomic E-state index is 4.37. The van der Waals surface area contributed by atoms with E-state index in [9.17, 15) is 0 Å². The highest BCUT2D eigenvalue weighted by molar-refractivity contribution is 7.15. The molecular weight excluding hydrogens is 256 g/mol. The van der Waals surface area contributed by atoms with Crippen molar-refractivity contribution in [2.45, 2.75) is 32.2 Å². The SMILES string of the molecule is CCc1ccc(-c2cc(NC3CCNCC3)n[nH]2)s1. The number of hydrogen-bond donors (Lipinski definition) is 3. The van der Waals surface area contributed by atoms with E-state index in [1.807, 2.05) is 11.3 Å². The zero-order valence-electron chi connectivity index (χ0n) is 11.2. The van der Waals surface area contributed by atoms with Gasteiger partial charge < -0.3 is 10.6 Å². The number of nitrogens with zero attached hydrogens (tertiary/aromatic N) is 1. The third kappa shape index (κ3) is 2.98. The third-order valence-corrected chi connectivity index (χ3v) is 4.81. The normalized spacial score (nSPS) is 16.7. The summed E-state index contributed by atoms with van der Waals surface area (Å²) in [5.74, 6) is 0.966. The number of aromatic amines is 1. The molecule has 102 valence electrons. The summed E-state index contributed by atoms with van der Waals surface area (Å²) < 4.78 is 0. The molecule has 3 heterocycles. The van der Waals surface area contributed by atoms with Crippen molar-refractivity contribution in [1.29, 1.82) is 0 Å². The summed E-state index contributed by atoms with van der Waals surface area (Å²) in [4.78, 5) is 2.68. The maximum Gasteiger partial charge on any atom is 0.148 e. The standard InChI is InChI=1S/C14H20N4S/c1-2-11-3-4-13(19-11)12-9-14(18-17-12)16-10-5-7-15-8-6-10/h3-4,9-10,15H,2,5-8H2,1H3,(H2,16,17,18). The zero-order chi connectivity index (χ0) is 13.1. The largest absolute Gasteiger partial charge is 0.366 e. The van der Waals surface area contributed by atoms with Crippen LogP contribution >= 0.6 is 11.3 Å². The van der Waals surface area contributed by atoms with Crippen LogP contribution in [0.25, 0.3) is 10.6 Å². The second kappa shape index (κ2) is 5.75. The number of rotatable bonds is 4. The summed E-state index contributed by atoms with van der Waals surface area (Å²) >= 11 is 1.84. The average molecular weight is 276 g/mol. The molecule has 4 nitrogen and oxygen atoms in total. The monoisotopic (exact) mass is 276 g/mol. The topological polar surface area (TPSA) is 52.7 Å². The number of aryl methyl sites for hydroxylation is 1. The van der Waals surface area contributed by atoms with Crippen molar-refractivity contribution in [3.63, 3.8) is 0 Å². The predicted octanol–water partition coefficient (Wildman–Crippen LogP) is 2.86. The Kier molecular flexibility index (Phi) is 3.84. The number of anilines is 1. The van der Waals surface area contributed by atoms with E-state index in [-0.39, 0.29) is 0 Å². The van der Waals surface area contributed by atoms with Crippen LogP contribution in [-0.4, -0.2) is 29.3 Å². The molecule has 1 saturated heterocycles. The molecule has 0 spiro atoms. The number of nitrogens with one attached hydrogen (secondary N) is 3. The first-order valence-electron chi connectivity index (χ1n) is 6.97. The molecule has 3 N–H and O–H groups in total. The Morgan fingerprint density at radius 2 is 2.21 bits per heavy atom. The summed E-state index contributed by atoms with van der Waals surface area (Å²) in [6, 6.07) is 7.03. The lowest BCUT2D eigenvalue weighted by atomic mass is 10.1. The molecule has 0 aliphatic carbocycles. The van der Waals surface area contributed by atoms with Gasteiger partial charge in [0.15, 0.2) is 0 Å². The smallest absolute Gasteiger partial charge is 0.148 e. The van der Waals surface area contributed by atoms with Crippen LogP contribution < -0.4 is 10.6 Å². The van der Waals surface area contributed by atoms with E-state index in [0.29, 0.717) is 6.04 Å². The number of thiophene rings is 1. The Labute approximate surface area is 117 Å². The Bertz CT molecular complexity index is 525. The Balaban J connectivity index is 1.68. The van der Waals surface area contributed by atoms with E-state index in [1.165, 1.54) is 22.6 Å². The Morgan fingerprint density at radius 3 is 2.95 bits per heavy atom. The van der Waals surface area contributed by atoms with Crippen LogP contribution in [-0.2, 0) is 6.42 Å². The van der Waals surface area contributed by atoms with Crippen LogP contribution in [0.2, 0.25) is 0 Å². The molecular formula is C14H20N4S. The molecule has 1 aliphatic heterocycles. The average Bonchev–Trinajstić information content (AvgIpc) is 3.08. The van der Waals surface area contributed by atoms with Gasteiger partial charge in [-0.1, -0.05) is 6.92 Å². The molecule has 19 heavy (non-hydrogen) atoms. The fraction of sp³-hybridized carbons (Fsp3) is 0.500. The maximum absolute atomic E-state index is 4.37. The quantitative estimate of drug-likeness (QED) is 0.805. The van der Waals surface area contributed by atoms with Crippen LogP contribution in [0.3, 0.4) is 0 Å². The molecule has 0 unspecified atom stereocenters. The number of aromatic nitrogens is 2. The number of H-pyrrole nitrogens is 1. The first-order valence-corrected chi connectivity index (χ1v) is 7.78. The molecule has 0 bridgehead atoms. The second-order valence-electron chi connectivity index (χ2n) is 4.95. The highest BCUT2D eigenvalue weighted by Gasteiger charge is 2.14. The molecule has 0 atom stereocenters. The molecule has 2 aromatic heterocycles. The van der Waals surface area contributed by atoms with Gasteiger partial charge in [-0.25, -0.2) is 0 Å². The number of piperidine rings is 1. The molecule has 0 aromatic carbocycles. The minimum Gasteiger partial charge on any atom is -0.366 e. The van der Waals surface area contributed by atoms with Gasteiger partial charge in [-0.2, -0.15) is 5.10 Å². The van der Waals surface area contributed by atoms with Crippen molar-refractivity contribution >= 4 is 17.2 Å². The van der Waals surface area contributed by atoms with Gasteiger partial charge in [0.2, 0.25) is 0 Å². The summed E-state index contributed by atoms with van der Waals surface area (Å²) in [6.07, 6.45) is 3.43. The van der Waals surface area contributed by atoms with Crippen molar-refractivity contribution < 1.29 is 0 Å². The molecule has 0 saturated carbocycles. The van der Waals surface area contributed by atoms with Gasteiger partial charge in [0.1, 0.15) is 5.82 Å². The first-order chi connectivity index (χ1) is 9.35. The third-order valence-electron chi connectivity index (χ3n) is 3.54. The summed E-state index contributed by atoms with van der Waals surface area (Å²) in [7, 11) is 0. The molecule has 3 rings (SSSR count). The van der Waals surface area contributed by atoms with Crippen LogP contribution in [0.15, 0.2) is 18.2 Å². The lowest BCUT2D eigenvalue weighted by Crippen LogP contribution is -2.35. The Hall–Kier alpha value is -1.33. The van der Waals surface area contributed by atoms with Crippen molar-refractivity contribution in [2.24, 2.45) is 0 Å². The van der Waals surface area contributed by atoms with E-state index in [1.54, 1.807) is 0 Å². The van der Waals surface area contributed by atoms with E-state index in [0.717, 1.165) is 31.0 Å². The summed E-state index contributed by atoms with van der Waals surface area (Å²) in [6.45, 7) is 4.38. The summed E-state index contributed by atoms with van der Waals surface area (Å²) in [5.41, 5.74) is 1.11. The highest BCUT2D eigenvalue weighted by atomic mass is 32.1. The van der Waals surface area contributed by atoms with Gasteiger partial charge in [-0.15, -0.1) is 11.3 Å². The van der Waals surface area contributed by atoms with E-state index in [4.69, 9.17) is 0 Å². The summed E-state index contributed by atoms with van der Waals surface area (Å²) in [5, 5.41) is 14.4. The van der Waals surface area contributed by atoms with Crippen LogP contribution in [0.5, 0.6) is 0 Å². The van der Waals surface area contributed by atoms with E-state index in [2.05, 4.69) is 46.0 Å². The molecule has 1 fully saturated rings. The Morgan fingerprint density at radius 1 is 1.37 bits per heavy atom. The fourth-order valence-electron chi connectivity index (χ4n) is 2.41. The minimum absolute atomic E-state index is 0.548. The van der Waals surface area contributed by atoms with Gasteiger partial charge in [-0.05, 0) is 44.5 Å². The molecule has 0 amide bonds. The van der Waals surface area contributed by atoms with Crippen LogP contribution in [0, 0.1) is 0 Å². The van der Waals surface area contributed by atoms with Gasteiger partial charge in [0.05, 0.1) is 10.6 Å². The van der Waals surface area contributed by atoms with E-state index < -0.39 is 0 Å². The number of hydrogen-bond acceptors (Lipinski definition) is 4. The zero-order valence-corrected chi connectivity index (χ0v) is 12.0. The molecule has 0 radical (unpaired) electrons. The van der Waals surface area contributed by atoms with Gasteiger partial charge in [0.25, 0.3) is 0 Å². The first kappa shape index (κ1) is 12.7. The predicted molar refractivity (Wildman–Crippen MR) is 80.8 cm³/mol. The fourth-order valence-corrected chi connectivity index (χ4v) is 3.32. The van der Waals surface area contributed by atoms with Gasteiger partial charge >= 0.3 is 0 Å². The molecule has 5 heteroatoms. The molecule has 1 aliphatic rings. The van der Waals surface area contributed by atoms with Crippen molar-refractivity contribution in [1.82, 2.24) is 15.5 Å². The van der Waals surface area contributed by atoms with Crippen LogP contribution in [0.1, 0.15) is 24.6 Å². The van der Waals surface area contributed by atoms with Gasteiger partial charge in [-0.3, -0.25) is 5.10 Å². The van der Waals surface area contributed by atoms with Crippen molar-refractivity contribution in [2.75, 3.05) is 18.4 Å².